The summed E-state index contributed by atoms with van der Waals surface area (Å²) in [5.74, 6) is 2.63. The van der Waals surface area contributed by atoms with Crippen LogP contribution in [0.25, 0.3) is 23.2 Å². The van der Waals surface area contributed by atoms with E-state index in [2.05, 4.69) is 46.5 Å². The Morgan fingerprint density at radius 3 is 2.62 bits per heavy atom. The summed E-state index contributed by atoms with van der Waals surface area (Å²) >= 11 is 6.16. The summed E-state index contributed by atoms with van der Waals surface area (Å²) in [6, 6.07) is 17.8. The maximum absolute atomic E-state index is 13.4. The molecule has 2 aliphatic rings. The van der Waals surface area contributed by atoms with Crippen LogP contribution in [0.3, 0.4) is 0 Å². The molecule has 0 spiro atoms. The van der Waals surface area contributed by atoms with Gasteiger partial charge in [0.2, 0.25) is 0 Å². The normalized spacial score (nSPS) is 15.5. The zero-order valence-corrected chi connectivity index (χ0v) is 29.1. The van der Waals surface area contributed by atoms with E-state index >= 15 is 0 Å². The lowest BCUT2D eigenvalue weighted by Gasteiger charge is -2.27. The van der Waals surface area contributed by atoms with E-state index in [1.807, 2.05) is 54.0 Å². The number of nitrogens with zero attached hydrogens (tertiary/aromatic N) is 6. The van der Waals surface area contributed by atoms with Gasteiger partial charge < -0.3 is 24.8 Å². The number of aliphatic hydroxyl groups is 1. The molecule has 258 valence electrons. The molecule has 1 aliphatic heterocycles. The van der Waals surface area contributed by atoms with E-state index < -0.39 is 12.1 Å². The van der Waals surface area contributed by atoms with Crippen LogP contribution < -0.4 is 15.4 Å². The Morgan fingerprint density at radius 2 is 1.84 bits per heavy atom. The molecule has 1 unspecified atom stereocenters. The van der Waals surface area contributed by atoms with Crippen molar-refractivity contribution in [3.05, 3.63) is 100.0 Å². The molecule has 2 aromatic heterocycles. The number of phenolic OH excluding ortho intramolecular Hbond substituents is 1. The van der Waals surface area contributed by atoms with Gasteiger partial charge in [-0.25, -0.2) is 9.48 Å². The van der Waals surface area contributed by atoms with Crippen molar-refractivity contribution in [2.24, 2.45) is 0 Å². The summed E-state index contributed by atoms with van der Waals surface area (Å²) in [7, 11) is 0. The molecule has 1 aliphatic carbocycles. The van der Waals surface area contributed by atoms with E-state index in [0.717, 1.165) is 34.9 Å². The van der Waals surface area contributed by atoms with E-state index in [1.165, 1.54) is 0 Å². The van der Waals surface area contributed by atoms with Gasteiger partial charge >= 0.3 is 6.03 Å². The summed E-state index contributed by atoms with van der Waals surface area (Å²) in [5.41, 5.74) is 4.90. The standard InChI is InChI=1S/C37H39ClN8O4/c1-22-5-8-24(9-6-22)46-32(20-31(43-46)37(2,3)4)40-36(49)39-27-11-14-30(25-10-13-29(48)34(25)27)50-18-17-44-15-16-45-33(21-44)41-42-35(45)26-19-23(38)7-12-28(26)47/h5-14,19-20,29,47-48H,15-18,21H2,1-4H3,(H2,39,40,49). The predicted molar refractivity (Wildman–Crippen MR) is 193 cm³/mol. The van der Waals surface area contributed by atoms with E-state index in [4.69, 9.17) is 21.4 Å². The first kappa shape index (κ1) is 33.3. The van der Waals surface area contributed by atoms with E-state index in [9.17, 15) is 15.0 Å². The number of carbonyl (C=O) groups excluding carboxylic acids is 1. The van der Waals surface area contributed by atoms with Crippen molar-refractivity contribution in [3.8, 4) is 28.6 Å². The number of aryl methyl sites for hydroxylation is 1. The third-order valence-corrected chi connectivity index (χ3v) is 9.17. The number of amides is 2. The number of urea groups is 1. The molecule has 13 heteroatoms. The Morgan fingerprint density at radius 1 is 1.04 bits per heavy atom. The molecule has 1 atom stereocenters. The summed E-state index contributed by atoms with van der Waals surface area (Å²) in [6.45, 7) is 11.3. The van der Waals surface area contributed by atoms with E-state index in [0.29, 0.717) is 65.5 Å². The fourth-order valence-electron chi connectivity index (χ4n) is 6.18. The molecule has 0 fully saturated rings. The van der Waals surface area contributed by atoms with E-state index in [-0.39, 0.29) is 11.2 Å². The Hall–Kier alpha value is -5.17. The number of aliphatic hydroxyl groups excluding tert-OH is 1. The topological polar surface area (TPSA) is 143 Å². The molecule has 3 aromatic carbocycles. The number of aromatic nitrogens is 5. The SMILES string of the molecule is Cc1ccc(-n2nc(C(C)(C)C)cc2NC(=O)Nc2ccc(OCCN3CCn4c(nnc4-c4cc(Cl)ccc4O)C3)c3c2C(O)C=C3)cc1. The predicted octanol–water partition coefficient (Wildman–Crippen LogP) is 6.69. The summed E-state index contributed by atoms with van der Waals surface area (Å²) in [4.78, 5) is 15.6. The average molecular weight is 695 g/mol. The summed E-state index contributed by atoms with van der Waals surface area (Å²) < 4.78 is 9.95. The summed E-state index contributed by atoms with van der Waals surface area (Å²) in [6.07, 6.45) is 2.60. The molecule has 50 heavy (non-hydrogen) atoms. The quantitative estimate of drug-likeness (QED) is 0.141. The maximum atomic E-state index is 13.4. The number of halogens is 1. The Kier molecular flexibility index (Phi) is 8.85. The highest BCUT2D eigenvalue weighted by atomic mass is 35.5. The van der Waals surface area contributed by atoms with Crippen molar-refractivity contribution in [3.63, 3.8) is 0 Å². The summed E-state index contributed by atoms with van der Waals surface area (Å²) in [5, 5.41) is 41.1. The third kappa shape index (κ3) is 6.69. The lowest BCUT2D eigenvalue weighted by molar-refractivity contribution is 0.174. The lowest BCUT2D eigenvalue weighted by Crippen LogP contribution is -2.36. The second-order valence-corrected chi connectivity index (χ2v) is 14.0. The van der Waals surface area contributed by atoms with Gasteiger partial charge in [-0.05, 0) is 49.4 Å². The van der Waals surface area contributed by atoms with Gasteiger partial charge in [-0.15, -0.1) is 10.2 Å². The van der Waals surface area contributed by atoms with Gasteiger partial charge in [0.1, 0.15) is 35.9 Å². The molecule has 2 amide bonds. The molecule has 7 rings (SSSR count). The highest BCUT2D eigenvalue weighted by Gasteiger charge is 2.27. The first-order valence-corrected chi connectivity index (χ1v) is 16.9. The van der Waals surface area contributed by atoms with Crippen molar-refractivity contribution in [1.82, 2.24) is 29.4 Å². The number of carbonyl (C=O) groups is 1. The highest BCUT2D eigenvalue weighted by Crippen LogP contribution is 2.40. The first-order chi connectivity index (χ1) is 23.9. The fourth-order valence-corrected chi connectivity index (χ4v) is 6.36. The number of fused-ring (bicyclic) bond motifs is 2. The fraction of sp³-hybridized carbons (Fsp3) is 0.297. The van der Waals surface area contributed by atoms with Crippen LogP contribution in [0.4, 0.5) is 16.3 Å². The number of ether oxygens (including phenoxy) is 1. The van der Waals surface area contributed by atoms with Gasteiger partial charge in [-0.2, -0.15) is 5.10 Å². The number of hydrogen-bond acceptors (Lipinski definition) is 8. The number of phenols is 1. The maximum Gasteiger partial charge on any atom is 0.324 e. The Balaban J connectivity index is 1.01. The monoisotopic (exact) mass is 694 g/mol. The molecule has 5 aromatic rings. The van der Waals surface area contributed by atoms with Crippen LogP contribution >= 0.6 is 11.6 Å². The van der Waals surface area contributed by atoms with Crippen molar-refractivity contribution in [2.75, 3.05) is 30.3 Å². The molecule has 12 nitrogen and oxygen atoms in total. The molecular formula is C37H39ClN8O4. The second-order valence-electron chi connectivity index (χ2n) is 13.6. The zero-order valence-electron chi connectivity index (χ0n) is 28.3. The molecular weight excluding hydrogens is 656 g/mol. The van der Waals surface area contributed by atoms with Crippen LogP contribution in [-0.2, 0) is 18.5 Å². The van der Waals surface area contributed by atoms with Gasteiger partial charge in [0.05, 0.1) is 23.5 Å². The van der Waals surface area contributed by atoms with Crippen molar-refractivity contribution < 1.29 is 19.7 Å². The minimum atomic E-state index is -0.893. The van der Waals surface area contributed by atoms with Crippen molar-refractivity contribution >= 4 is 35.2 Å². The van der Waals surface area contributed by atoms with Crippen LogP contribution in [0.15, 0.2) is 66.7 Å². The number of hydrogen-bond donors (Lipinski definition) is 4. The van der Waals surface area contributed by atoms with Gasteiger partial charge in [0, 0.05) is 53.0 Å². The van der Waals surface area contributed by atoms with Crippen LogP contribution in [0, 0.1) is 6.92 Å². The lowest BCUT2D eigenvalue weighted by atomic mass is 9.92. The number of rotatable bonds is 8. The van der Waals surface area contributed by atoms with Crippen LogP contribution in [-0.4, -0.2) is 65.4 Å². The molecule has 0 saturated carbocycles. The second kappa shape index (κ2) is 13.3. The third-order valence-electron chi connectivity index (χ3n) is 8.93. The highest BCUT2D eigenvalue weighted by molar-refractivity contribution is 6.30. The average Bonchev–Trinajstić information content (AvgIpc) is 3.81. The number of anilines is 2. The molecule has 0 saturated heterocycles. The van der Waals surface area contributed by atoms with Gasteiger partial charge in [0.25, 0.3) is 0 Å². The Bertz CT molecular complexity index is 2100. The first-order valence-electron chi connectivity index (χ1n) is 16.5. The number of nitrogens with one attached hydrogen (secondary N) is 2. The zero-order chi connectivity index (χ0) is 35.2. The largest absolute Gasteiger partial charge is 0.507 e. The van der Waals surface area contributed by atoms with Gasteiger partial charge in [0.15, 0.2) is 5.82 Å². The van der Waals surface area contributed by atoms with Crippen molar-refractivity contribution in [1.29, 1.82) is 0 Å². The van der Waals surface area contributed by atoms with Crippen molar-refractivity contribution in [2.45, 2.75) is 52.3 Å². The molecule has 4 N–H and O–H groups in total. The molecule has 3 heterocycles. The van der Waals surface area contributed by atoms with Crippen LogP contribution in [0.1, 0.15) is 55.1 Å². The Labute approximate surface area is 295 Å². The molecule has 0 radical (unpaired) electrons. The van der Waals surface area contributed by atoms with Gasteiger partial charge in [-0.3, -0.25) is 10.2 Å². The smallest absolute Gasteiger partial charge is 0.324 e. The van der Waals surface area contributed by atoms with Crippen LogP contribution in [0.5, 0.6) is 11.5 Å². The molecule has 0 bridgehead atoms. The number of benzene rings is 3. The van der Waals surface area contributed by atoms with E-state index in [1.54, 1.807) is 35.0 Å². The van der Waals surface area contributed by atoms with Crippen LogP contribution in [0.2, 0.25) is 5.02 Å². The minimum absolute atomic E-state index is 0.106. The minimum Gasteiger partial charge on any atom is -0.507 e. The number of aromatic hydroxyl groups is 1. The van der Waals surface area contributed by atoms with Gasteiger partial charge in [-0.1, -0.05) is 62.2 Å².